The van der Waals surface area contributed by atoms with E-state index in [0.717, 1.165) is 13.0 Å². The standard InChI is InChI=1S/C13H20ClN3O3S/c1-2-4-15-13-12(14)6-11(7-16-13)21(19,20)17-5-3-10(8-17)9-18/h6-7,10,18H,2-5,8-9H2,1H3,(H,15,16). The van der Waals surface area contributed by atoms with E-state index in [0.29, 0.717) is 30.4 Å². The normalized spacial score (nSPS) is 19.9. The first-order valence-corrected chi connectivity index (χ1v) is 8.81. The summed E-state index contributed by atoms with van der Waals surface area (Å²) in [5.41, 5.74) is 0. The summed E-state index contributed by atoms with van der Waals surface area (Å²) >= 11 is 6.09. The number of pyridine rings is 1. The lowest BCUT2D eigenvalue weighted by molar-refractivity contribution is 0.233. The van der Waals surface area contributed by atoms with Gasteiger partial charge in [-0.25, -0.2) is 13.4 Å². The molecule has 8 heteroatoms. The third-order valence-electron chi connectivity index (χ3n) is 3.50. The van der Waals surface area contributed by atoms with Gasteiger partial charge >= 0.3 is 0 Å². The predicted octanol–water partition coefficient (Wildman–Crippen LogP) is 1.56. The van der Waals surface area contributed by atoms with Gasteiger partial charge in [0.25, 0.3) is 0 Å². The van der Waals surface area contributed by atoms with Crippen LogP contribution in [0.3, 0.4) is 0 Å². The van der Waals surface area contributed by atoms with Crippen molar-refractivity contribution >= 4 is 27.4 Å². The van der Waals surface area contributed by atoms with Crippen molar-refractivity contribution in [1.82, 2.24) is 9.29 Å². The van der Waals surface area contributed by atoms with E-state index >= 15 is 0 Å². The second kappa shape index (κ2) is 6.91. The number of aromatic nitrogens is 1. The molecule has 0 aliphatic carbocycles. The van der Waals surface area contributed by atoms with Gasteiger partial charge in [0.2, 0.25) is 10.0 Å². The van der Waals surface area contributed by atoms with Crippen molar-refractivity contribution < 1.29 is 13.5 Å². The Bertz CT molecular complexity index is 594. The monoisotopic (exact) mass is 333 g/mol. The number of hydrogen-bond donors (Lipinski definition) is 2. The van der Waals surface area contributed by atoms with Gasteiger partial charge in [0.15, 0.2) is 0 Å². The first-order chi connectivity index (χ1) is 9.98. The summed E-state index contributed by atoms with van der Waals surface area (Å²) in [5, 5.41) is 12.5. The molecule has 1 aromatic rings. The summed E-state index contributed by atoms with van der Waals surface area (Å²) in [5.74, 6) is 0.501. The van der Waals surface area contributed by atoms with Gasteiger partial charge in [-0.3, -0.25) is 0 Å². The zero-order valence-corrected chi connectivity index (χ0v) is 13.5. The Labute approximate surface area is 130 Å². The number of aliphatic hydroxyl groups excluding tert-OH is 1. The van der Waals surface area contributed by atoms with Crippen molar-refractivity contribution in [3.8, 4) is 0 Å². The third kappa shape index (κ3) is 3.66. The quantitative estimate of drug-likeness (QED) is 0.825. The summed E-state index contributed by atoms with van der Waals surface area (Å²) in [4.78, 5) is 4.19. The molecule has 1 atom stereocenters. The molecular formula is C13H20ClN3O3S. The number of hydrogen-bond acceptors (Lipinski definition) is 5. The van der Waals surface area contributed by atoms with Gasteiger partial charge < -0.3 is 10.4 Å². The van der Waals surface area contributed by atoms with Gasteiger partial charge in [-0.2, -0.15) is 4.31 Å². The van der Waals surface area contributed by atoms with Gasteiger partial charge in [0.1, 0.15) is 10.7 Å². The summed E-state index contributed by atoms with van der Waals surface area (Å²) in [6, 6.07) is 1.42. The molecule has 2 N–H and O–H groups in total. The summed E-state index contributed by atoms with van der Waals surface area (Å²) in [7, 11) is -3.59. The number of halogens is 1. The number of anilines is 1. The summed E-state index contributed by atoms with van der Waals surface area (Å²) in [6.07, 6.45) is 2.92. The third-order valence-corrected chi connectivity index (χ3v) is 5.62. The van der Waals surface area contributed by atoms with Gasteiger partial charge in [-0.1, -0.05) is 18.5 Å². The Morgan fingerprint density at radius 3 is 2.90 bits per heavy atom. The van der Waals surface area contributed by atoms with E-state index in [-0.39, 0.29) is 17.4 Å². The molecule has 2 rings (SSSR count). The highest BCUT2D eigenvalue weighted by molar-refractivity contribution is 7.89. The molecule has 1 unspecified atom stereocenters. The van der Waals surface area contributed by atoms with E-state index in [1.54, 1.807) is 0 Å². The number of aliphatic hydroxyl groups is 1. The van der Waals surface area contributed by atoms with Crippen LogP contribution in [-0.4, -0.2) is 49.1 Å². The molecule has 118 valence electrons. The van der Waals surface area contributed by atoms with Crippen LogP contribution in [0.2, 0.25) is 5.02 Å². The summed E-state index contributed by atoms with van der Waals surface area (Å²) < 4.78 is 26.4. The second-order valence-corrected chi connectivity index (χ2v) is 7.47. The van der Waals surface area contributed by atoms with Crippen molar-refractivity contribution in [2.24, 2.45) is 5.92 Å². The van der Waals surface area contributed by atoms with E-state index in [4.69, 9.17) is 16.7 Å². The molecule has 2 heterocycles. The number of nitrogens with zero attached hydrogens (tertiary/aromatic N) is 2. The van der Waals surface area contributed by atoms with Crippen LogP contribution in [0, 0.1) is 5.92 Å². The maximum Gasteiger partial charge on any atom is 0.244 e. The molecule has 0 bridgehead atoms. The Hall–Kier alpha value is -0.890. The minimum absolute atomic E-state index is 0.00486. The van der Waals surface area contributed by atoms with Crippen LogP contribution in [0.1, 0.15) is 19.8 Å². The molecule has 0 saturated carbocycles. The molecule has 0 aromatic carbocycles. The van der Waals surface area contributed by atoms with Crippen molar-refractivity contribution in [3.63, 3.8) is 0 Å². The lowest BCUT2D eigenvalue weighted by Gasteiger charge is -2.17. The molecule has 0 spiro atoms. The summed E-state index contributed by atoms with van der Waals surface area (Å²) in [6.45, 7) is 3.51. The van der Waals surface area contributed by atoms with E-state index < -0.39 is 10.0 Å². The highest BCUT2D eigenvalue weighted by Crippen LogP contribution is 2.27. The molecule has 21 heavy (non-hydrogen) atoms. The number of nitrogens with one attached hydrogen (secondary N) is 1. The fourth-order valence-electron chi connectivity index (χ4n) is 2.25. The Kier molecular flexibility index (Phi) is 5.43. The van der Waals surface area contributed by atoms with Crippen LogP contribution in [-0.2, 0) is 10.0 Å². The van der Waals surface area contributed by atoms with Crippen LogP contribution in [0.15, 0.2) is 17.2 Å². The zero-order chi connectivity index (χ0) is 15.5. The highest BCUT2D eigenvalue weighted by atomic mass is 35.5. The number of rotatable bonds is 6. The van der Waals surface area contributed by atoms with Gasteiger partial charge in [-0.15, -0.1) is 0 Å². The molecule has 1 aliphatic rings. The maximum atomic E-state index is 12.5. The minimum atomic E-state index is -3.59. The van der Waals surface area contributed by atoms with E-state index in [1.807, 2.05) is 6.92 Å². The molecule has 6 nitrogen and oxygen atoms in total. The molecule has 1 fully saturated rings. The zero-order valence-electron chi connectivity index (χ0n) is 11.9. The van der Waals surface area contributed by atoms with Crippen molar-refractivity contribution in [3.05, 3.63) is 17.3 Å². The maximum absolute atomic E-state index is 12.5. The fourth-order valence-corrected chi connectivity index (χ4v) is 4.05. The number of sulfonamides is 1. The SMILES string of the molecule is CCCNc1ncc(S(=O)(=O)N2CCC(CO)C2)cc1Cl. The fraction of sp³-hybridized carbons (Fsp3) is 0.615. The predicted molar refractivity (Wildman–Crippen MR) is 82.0 cm³/mol. The molecule has 1 saturated heterocycles. The van der Waals surface area contributed by atoms with Crippen molar-refractivity contribution in [2.45, 2.75) is 24.7 Å². The molecule has 1 aliphatic heterocycles. The molecular weight excluding hydrogens is 314 g/mol. The average molecular weight is 334 g/mol. The molecule has 0 amide bonds. The molecule has 1 aromatic heterocycles. The van der Waals surface area contributed by atoms with Gasteiger partial charge in [-0.05, 0) is 24.8 Å². The van der Waals surface area contributed by atoms with Crippen molar-refractivity contribution in [2.75, 3.05) is 31.6 Å². The Morgan fingerprint density at radius 2 is 2.33 bits per heavy atom. The van der Waals surface area contributed by atoms with Gasteiger partial charge in [0.05, 0.1) is 5.02 Å². The lowest BCUT2D eigenvalue weighted by atomic mass is 10.1. The van der Waals surface area contributed by atoms with Crippen LogP contribution in [0.25, 0.3) is 0 Å². The van der Waals surface area contributed by atoms with E-state index in [1.165, 1.54) is 16.6 Å². The average Bonchev–Trinajstić information content (AvgIpc) is 2.95. The molecule has 0 radical (unpaired) electrons. The van der Waals surface area contributed by atoms with E-state index in [2.05, 4.69) is 10.3 Å². The topological polar surface area (TPSA) is 82.5 Å². The van der Waals surface area contributed by atoms with Crippen LogP contribution in [0.4, 0.5) is 5.82 Å². The van der Waals surface area contributed by atoms with Crippen LogP contribution >= 0.6 is 11.6 Å². The highest BCUT2D eigenvalue weighted by Gasteiger charge is 2.32. The first kappa shape index (κ1) is 16.5. The van der Waals surface area contributed by atoms with Gasteiger partial charge in [0, 0.05) is 32.4 Å². The minimum Gasteiger partial charge on any atom is -0.396 e. The smallest absolute Gasteiger partial charge is 0.244 e. The first-order valence-electron chi connectivity index (χ1n) is 6.99. The van der Waals surface area contributed by atoms with Crippen LogP contribution < -0.4 is 5.32 Å². The largest absolute Gasteiger partial charge is 0.396 e. The van der Waals surface area contributed by atoms with E-state index in [9.17, 15) is 8.42 Å². The Balaban J connectivity index is 2.19. The Morgan fingerprint density at radius 1 is 1.57 bits per heavy atom. The van der Waals surface area contributed by atoms with Crippen LogP contribution in [0.5, 0.6) is 0 Å². The second-order valence-electron chi connectivity index (χ2n) is 5.13. The van der Waals surface area contributed by atoms with Crippen molar-refractivity contribution in [1.29, 1.82) is 0 Å². The lowest BCUT2D eigenvalue weighted by Crippen LogP contribution is -2.29.